The van der Waals surface area contributed by atoms with E-state index >= 15 is 0 Å². The van der Waals surface area contributed by atoms with E-state index in [2.05, 4.69) is 0 Å². The van der Waals surface area contributed by atoms with Crippen molar-refractivity contribution in [3.63, 3.8) is 0 Å². The highest BCUT2D eigenvalue weighted by molar-refractivity contribution is 6.69. The molecular weight excluding hydrogens is 271 g/mol. The van der Waals surface area contributed by atoms with Crippen LogP contribution in [0.1, 0.15) is 18.1 Å². The maximum Gasteiger partial charge on any atom is 0.420 e. The molecule has 0 aliphatic rings. The number of nitriles is 1. The van der Waals surface area contributed by atoms with Crippen molar-refractivity contribution in [2.45, 2.75) is 38.3 Å². The van der Waals surface area contributed by atoms with Crippen LogP contribution in [-0.4, -0.2) is 14.5 Å². The van der Waals surface area contributed by atoms with Crippen molar-refractivity contribution in [1.82, 2.24) is 0 Å². The summed E-state index contributed by atoms with van der Waals surface area (Å²) in [5.74, 6) is 0. The second-order valence-electron chi connectivity index (χ2n) is 5.44. The van der Waals surface area contributed by atoms with E-state index in [0.717, 1.165) is 6.92 Å². The van der Waals surface area contributed by atoms with Crippen molar-refractivity contribution in [3.8, 4) is 6.07 Å². The topological polar surface area (TPSA) is 33.0 Å². The third-order valence-corrected chi connectivity index (χ3v) is 3.61. The van der Waals surface area contributed by atoms with Gasteiger partial charge in [-0.15, -0.1) is 0 Å². The fourth-order valence-corrected chi connectivity index (χ4v) is 3.24. The summed E-state index contributed by atoms with van der Waals surface area (Å²) in [4.78, 5) is 0. The Morgan fingerprint density at radius 1 is 1.21 bits per heavy atom. The van der Waals surface area contributed by atoms with E-state index in [-0.39, 0.29) is 11.1 Å². The lowest BCUT2D eigenvalue weighted by Crippen LogP contribution is -2.48. The molecule has 0 fully saturated rings. The van der Waals surface area contributed by atoms with E-state index < -0.39 is 20.1 Å². The summed E-state index contributed by atoms with van der Waals surface area (Å²) in [6.45, 7) is 6.11. The first-order chi connectivity index (χ1) is 8.49. The Hall–Kier alpha value is -1.32. The average molecular weight is 287 g/mol. The van der Waals surface area contributed by atoms with Crippen molar-refractivity contribution in [3.05, 3.63) is 35.4 Å². The Labute approximate surface area is 111 Å². The lowest BCUT2D eigenvalue weighted by molar-refractivity contribution is -0.250. The maximum absolute atomic E-state index is 13.4. The van der Waals surface area contributed by atoms with E-state index in [9.17, 15) is 13.2 Å². The van der Waals surface area contributed by atoms with Gasteiger partial charge in [0.2, 0.25) is 0 Å². The van der Waals surface area contributed by atoms with Gasteiger partial charge in [0.05, 0.1) is 11.6 Å². The number of benzene rings is 1. The number of halogens is 3. The van der Waals surface area contributed by atoms with Crippen LogP contribution in [0, 0.1) is 11.3 Å². The van der Waals surface area contributed by atoms with Gasteiger partial charge in [0.25, 0.3) is 0 Å². The molecule has 0 bridgehead atoms. The van der Waals surface area contributed by atoms with E-state index in [1.807, 2.05) is 6.07 Å². The third kappa shape index (κ3) is 3.58. The Morgan fingerprint density at radius 2 is 1.79 bits per heavy atom. The highest BCUT2D eigenvalue weighted by atomic mass is 28.4. The van der Waals surface area contributed by atoms with Crippen molar-refractivity contribution < 1.29 is 17.6 Å². The van der Waals surface area contributed by atoms with Gasteiger partial charge in [0.15, 0.2) is 13.9 Å². The molecule has 0 radical (unpaired) electrons. The Morgan fingerprint density at radius 3 is 2.21 bits per heavy atom. The van der Waals surface area contributed by atoms with Crippen molar-refractivity contribution in [2.24, 2.45) is 0 Å². The lowest BCUT2D eigenvalue weighted by Gasteiger charge is -2.38. The van der Waals surface area contributed by atoms with Gasteiger partial charge in [0.1, 0.15) is 0 Å². The molecule has 0 saturated heterocycles. The molecular formula is C13H16F3NOSi. The number of hydrogen-bond donors (Lipinski definition) is 0. The predicted octanol–water partition coefficient (Wildman–Crippen LogP) is 4.19. The summed E-state index contributed by atoms with van der Waals surface area (Å²) in [6, 6.07) is 7.32. The maximum atomic E-state index is 13.4. The normalized spacial score (nSPS) is 15.7. The second kappa shape index (κ2) is 4.98. The van der Waals surface area contributed by atoms with Gasteiger partial charge >= 0.3 is 6.18 Å². The molecule has 0 unspecified atom stereocenters. The highest BCUT2D eigenvalue weighted by Crippen LogP contribution is 2.43. The standard InChI is InChI=1S/C13H16F3NOSi/c1-12(13(14,15)16,18-19(2,3)4)11-7-5-6-10(8-11)9-17/h5-8H,1-4H3/t12-/m1/s1. The second-order valence-corrected chi connectivity index (χ2v) is 9.87. The summed E-state index contributed by atoms with van der Waals surface area (Å²) < 4.78 is 45.5. The smallest absolute Gasteiger partial charge is 0.401 e. The molecule has 0 spiro atoms. The van der Waals surface area contributed by atoms with Crippen LogP contribution in [-0.2, 0) is 10.0 Å². The van der Waals surface area contributed by atoms with Crippen LogP contribution >= 0.6 is 0 Å². The Bertz CT molecular complexity index is 502. The monoisotopic (exact) mass is 287 g/mol. The number of rotatable bonds is 3. The van der Waals surface area contributed by atoms with Gasteiger partial charge in [-0.1, -0.05) is 12.1 Å². The minimum Gasteiger partial charge on any atom is -0.401 e. The summed E-state index contributed by atoms with van der Waals surface area (Å²) in [6.07, 6.45) is -4.54. The minimum atomic E-state index is -4.54. The molecule has 1 aromatic carbocycles. The molecule has 1 aromatic rings. The number of nitrogens with zero attached hydrogens (tertiary/aromatic N) is 1. The van der Waals surface area contributed by atoms with Crippen LogP contribution in [0.4, 0.5) is 13.2 Å². The fraction of sp³-hybridized carbons (Fsp3) is 0.462. The quantitative estimate of drug-likeness (QED) is 0.781. The van der Waals surface area contributed by atoms with Crippen LogP contribution in [0.5, 0.6) is 0 Å². The molecule has 2 nitrogen and oxygen atoms in total. The van der Waals surface area contributed by atoms with Crippen molar-refractivity contribution in [2.75, 3.05) is 0 Å². The van der Waals surface area contributed by atoms with Crippen molar-refractivity contribution in [1.29, 1.82) is 5.26 Å². The van der Waals surface area contributed by atoms with Crippen molar-refractivity contribution >= 4 is 8.32 Å². The van der Waals surface area contributed by atoms with E-state index in [1.54, 1.807) is 19.6 Å². The third-order valence-electron chi connectivity index (χ3n) is 2.59. The lowest BCUT2D eigenvalue weighted by atomic mass is 9.94. The molecule has 0 aromatic heterocycles. The Kier molecular flexibility index (Phi) is 4.13. The van der Waals surface area contributed by atoms with Gasteiger partial charge < -0.3 is 4.43 Å². The fourth-order valence-electron chi connectivity index (χ4n) is 1.78. The zero-order valence-electron chi connectivity index (χ0n) is 11.3. The van der Waals surface area contributed by atoms with E-state index in [4.69, 9.17) is 9.69 Å². The molecule has 1 atom stereocenters. The number of hydrogen-bond acceptors (Lipinski definition) is 2. The molecule has 0 N–H and O–H groups in total. The molecule has 1 rings (SSSR count). The summed E-state index contributed by atoms with van der Waals surface area (Å²) in [7, 11) is -2.42. The van der Waals surface area contributed by atoms with E-state index in [0.29, 0.717) is 0 Å². The molecule has 0 aliphatic heterocycles. The summed E-state index contributed by atoms with van der Waals surface area (Å²) >= 11 is 0. The van der Waals surface area contributed by atoms with Gasteiger partial charge in [-0.3, -0.25) is 0 Å². The molecule has 104 valence electrons. The van der Waals surface area contributed by atoms with E-state index in [1.165, 1.54) is 24.3 Å². The summed E-state index contributed by atoms with van der Waals surface area (Å²) in [5.41, 5.74) is -2.24. The largest absolute Gasteiger partial charge is 0.420 e. The van der Waals surface area contributed by atoms with Crippen LogP contribution < -0.4 is 0 Å². The predicted molar refractivity (Wildman–Crippen MR) is 69.0 cm³/mol. The molecule has 19 heavy (non-hydrogen) atoms. The SMILES string of the molecule is C[C@@](O[Si](C)(C)C)(c1cccc(C#N)c1)C(F)(F)F. The van der Waals surface area contributed by atoms with Gasteiger partial charge in [0, 0.05) is 0 Å². The first-order valence-electron chi connectivity index (χ1n) is 5.77. The molecule has 0 saturated carbocycles. The van der Waals surface area contributed by atoms with Gasteiger partial charge in [-0.05, 0) is 44.3 Å². The first-order valence-corrected chi connectivity index (χ1v) is 9.18. The zero-order valence-corrected chi connectivity index (χ0v) is 12.3. The first kappa shape index (κ1) is 15.7. The number of alkyl halides is 3. The molecule has 0 aliphatic carbocycles. The molecule has 6 heteroatoms. The van der Waals surface area contributed by atoms with Gasteiger partial charge in [-0.2, -0.15) is 18.4 Å². The summed E-state index contributed by atoms with van der Waals surface area (Å²) in [5, 5.41) is 8.80. The molecule has 0 heterocycles. The minimum absolute atomic E-state index is 0.0403. The van der Waals surface area contributed by atoms with Crippen LogP contribution in [0.25, 0.3) is 0 Å². The molecule has 0 amide bonds. The van der Waals surface area contributed by atoms with Crippen LogP contribution in [0.2, 0.25) is 19.6 Å². The zero-order chi connectivity index (χ0) is 14.9. The highest BCUT2D eigenvalue weighted by Gasteiger charge is 2.55. The Balaban J connectivity index is 3.36. The van der Waals surface area contributed by atoms with Gasteiger partial charge in [-0.25, -0.2) is 0 Å². The van der Waals surface area contributed by atoms with Crippen LogP contribution in [0.15, 0.2) is 24.3 Å². The average Bonchev–Trinajstić information content (AvgIpc) is 2.25. The van der Waals surface area contributed by atoms with Crippen LogP contribution in [0.3, 0.4) is 0 Å².